The molecular weight excluding hydrogens is 701 g/mol. The molecule has 0 radical (unpaired) electrons. The van der Waals surface area contributed by atoms with Crippen LogP contribution in [-0.2, 0) is 32.7 Å². The van der Waals surface area contributed by atoms with Crippen molar-refractivity contribution in [3.8, 4) is 0 Å². The Bertz CT molecular complexity index is 860. The Morgan fingerprint density at radius 2 is 0.833 bits per heavy atom. The average Bonchev–Trinajstić information content (AvgIpc) is 3.15. The van der Waals surface area contributed by atoms with E-state index in [-0.39, 0.29) is 25.6 Å². The molecule has 0 saturated carbocycles. The van der Waals surface area contributed by atoms with E-state index >= 15 is 0 Å². The van der Waals surface area contributed by atoms with Gasteiger partial charge in [-0.1, -0.05) is 206 Å². The number of carbonyl (C=O) groups excluding carboxylic acids is 2. The molecule has 0 rings (SSSR count). The highest BCUT2D eigenvalue weighted by atomic mass is 31.2. The fourth-order valence-electron chi connectivity index (χ4n) is 6.73. The van der Waals surface area contributed by atoms with Crippen LogP contribution in [0.5, 0.6) is 0 Å². The van der Waals surface area contributed by atoms with E-state index in [4.69, 9.17) is 18.5 Å². The van der Waals surface area contributed by atoms with Gasteiger partial charge >= 0.3 is 19.8 Å². The van der Waals surface area contributed by atoms with Crippen molar-refractivity contribution in [2.45, 2.75) is 238 Å². The second-order valence-corrected chi connectivity index (χ2v) is 17.1. The second-order valence-electron chi connectivity index (χ2n) is 15.6. The van der Waals surface area contributed by atoms with Crippen molar-refractivity contribution in [2.75, 3.05) is 33.4 Å². The molecule has 0 saturated heterocycles. The summed E-state index contributed by atoms with van der Waals surface area (Å²) in [6.07, 6.45) is 40.0. The third kappa shape index (κ3) is 40.7. The molecule has 2 unspecified atom stereocenters. The lowest BCUT2D eigenvalue weighted by Gasteiger charge is -2.20. The topological polar surface area (TPSA) is 120 Å². The zero-order chi connectivity index (χ0) is 39.6. The quantitative estimate of drug-likeness (QED) is 0.0353. The van der Waals surface area contributed by atoms with Crippen molar-refractivity contribution in [1.82, 2.24) is 5.32 Å². The maximum atomic E-state index is 12.6. The Morgan fingerprint density at radius 1 is 0.500 bits per heavy atom. The second kappa shape index (κ2) is 41.6. The molecule has 0 aliphatic carbocycles. The SMILES string of the molecule is CCCCCCCCCCCCCCCCCCCCCC(=O)OC(COC(=O)CCCCCCCCCCCCCCC)COP(=O)(O)OCCNC. The van der Waals surface area contributed by atoms with Crippen LogP contribution in [0.2, 0.25) is 0 Å². The number of nitrogens with one attached hydrogen (secondary N) is 1. The molecule has 0 aliphatic rings. The van der Waals surface area contributed by atoms with Gasteiger partial charge in [0.15, 0.2) is 6.10 Å². The van der Waals surface area contributed by atoms with Gasteiger partial charge in [-0.3, -0.25) is 18.6 Å². The van der Waals surface area contributed by atoms with Gasteiger partial charge in [-0.15, -0.1) is 0 Å². The number of carbonyl (C=O) groups is 2. The Morgan fingerprint density at radius 3 is 1.19 bits per heavy atom. The maximum Gasteiger partial charge on any atom is 0.472 e. The van der Waals surface area contributed by atoms with Crippen LogP contribution >= 0.6 is 7.82 Å². The first-order valence-corrected chi connectivity index (χ1v) is 24.5. The Balaban J connectivity index is 4.12. The van der Waals surface area contributed by atoms with Crippen LogP contribution in [0.15, 0.2) is 0 Å². The largest absolute Gasteiger partial charge is 0.472 e. The number of ether oxygens (including phenoxy) is 2. The number of hydrogen-bond donors (Lipinski definition) is 2. The van der Waals surface area contributed by atoms with Gasteiger partial charge in [0.05, 0.1) is 13.2 Å². The molecule has 2 N–H and O–H groups in total. The van der Waals surface area contributed by atoms with Crippen LogP contribution in [0.1, 0.15) is 232 Å². The molecule has 0 heterocycles. The van der Waals surface area contributed by atoms with Crippen molar-refractivity contribution < 1.29 is 37.6 Å². The molecule has 0 spiro atoms. The molecule has 9 nitrogen and oxygen atoms in total. The highest BCUT2D eigenvalue weighted by Gasteiger charge is 2.26. The molecule has 10 heteroatoms. The summed E-state index contributed by atoms with van der Waals surface area (Å²) in [7, 11) is -2.64. The Labute approximate surface area is 333 Å². The first kappa shape index (κ1) is 53.0. The smallest absolute Gasteiger partial charge is 0.462 e. The van der Waals surface area contributed by atoms with Gasteiger partial charge in [-0.25, -0.2) is 4.57 Å². The summed E-state index contributed by atoms with van der Waals surface area (Å²) in [6, 6.07) is 0. The van der Waals surface area contributed by atoms with Gasteiger partial charge < -0.3 is 19.7 Å². The fourth-order valence-corrected chi connectivity index (χ4v) is 7.48. The first-order valence-electron chi connectivity index (χ1n) is 23.0. The minimum atomic E-state index is -4.34. The van der Waals surface area contributed by atoms with Crippen LogP contribution in [0.25, 0.3) is 0 Å². The summed E-state index contributed by atoms with van der Waals surface area (Å²) in [6.45, 7) is 4.27. The van der Waals surface area contributed by atoms with Gasteiger partial charge in [0.1, 0.15) is 6.61 Å². The van der Waals surface area contributed by atoms with Gasteiger partial charge in [-0.2, -0.15) is 0 Å². The van der Waals surface area contributed by atoms with Gasteiger partial charge in [0.25, 0.3) is 0 Å². The van der Waals surface area contributed by atoms with Crippen LogP contribution in [0, 0.1) is 0 Å². The van der Waals surface area contributed by atoms with E-state index in [1.54, 1.807) is 7.05 Å². The first-order chi connectivity index (χ1) is 26.3. The molecule has 0 aliphatic heterocycles. The van der Waals surface area contributed by atoms with E-state index in [0.29, 0.717) is 13.0 Å². The summed E-state index contributed by atoms with van der Waals surface area (Å²) in [5.41, 5.74) is 0. The van der Waals surface area contributed by atoms with E-state index in [0.717, 1.165) is 38.5 Å². The predicted molar refractivity (Wildman–Crippen MR) is 225 cm³/mol. The molecule has 0 aromatic heterocycles. The van der Waals surface area contributed by atoms with Crippen molar-refractivity contribution >= 4 is 19.8 Å². The minimum absolute atomic E-state index is 0.0117. The lowest BCUT2D eigenvalue weighted by atomic mass is 10.0. The van der Waals surface area contributed by atoms with E-state index in [1.165, 1.54) is 167 Å². The highest BCUT2D eigenvalue weighted by molar-refractivity contribution is 7.47. The normalized spacial score (nSPS) is 13.2. The van der Waals surface area contributed by atoms with Crippen molar-refractivity contribution in [3.05, 3.63) is 0 Å². The van der Waals surface area contributed by atoms with E-state index < -0.39 is 26.5 Å². The van der Waals surface area contributed by atoms with Gasteiger partial charge in [-0.05, 0) is 19.9 Å². The van der Waals surface area contributed by atoms with Crippen LogP contribution in [-0.4, -0.2) is 56.3 Å². The Kier molecular flexibility index (Phi) is 40.9. The van der Waals surface area contributed by atoms with Crippen molar-refractivity contribution in [1.29, 1.82) is 0 Å². The fraction of sp³-hybridized carbons (Fsp3) is 0.955. The molecule has 0 aromatic rings. The van der Waals surface area contributed by atoms with E-state index in [2.05, 4.69) is 19.2 Å². The molecule has 54 heavy (non-hydrogen) atoms. The number of likely N-dealkylation sites (N-methyl/N-ethyl adjacent to an activating group) is 1. The predicted octanol–water partition coefficient (Wildman–Crippen LogP) is 13.1. The average molecular weight is 790 g/mol. The minimum Gasteiger partial charge on any atom is -0.462 e. The van der Waals surface area contributed by atoms with Crippen LogP contribution in [0.3, 0.4) is 0 Å². The molecule has 322 valence electrons. The number of esters is 2. The van der Waals surface area contributed by atoms with Crippen molar-refractivity contribution in [2.24, 2.45) is 0 Å². The molecular formula is C44H88NO8P. The molecule has 0 aromatic carbocycles. The van der Waals surface area contributed by atoms with E-state index in [9.17, 15) is 19.0 Å². The Hall–Kier alpha value is -0.990. The summed E-state index contributed by atoms with van der Waals surface area (Å²) in [5, 5.41) is 2.83. The maximum absolute atomic E-state index is 12.6. The molecule has 0 fully saturated rings. The third-order valence-electron chi connectivity index (χ3n) is 10.2. The lowest BCUT2D eigenvalue weighted by molar-refractivity contribution is -0.161. The monoisotopic (exact) mass is 790 g/mol. The lowest BCUT2D eigenvalue weighted by Crippen LogP contribution is -2.29. The number of hydrogen-bond acceptors (Lipinski definition) is 8. The molecule has 0 bridgehead atoms. The van der Waals surface area contributed by atoms with Gasteiger partial charge in [0, 0.05) is 19.4 Å². The molecule has 0 amide bonds. The highest BCUT2D eigenvalue weighted by Crippen LogP contribution is 2.43. The summed E-state index contributed by atoms with van der Waals surface area (Å²) in [4.78, 5) is 35.1. The number of phosphoric ester groups is 1. The molecule has 2 atom stereocenters. The summed E-state index contributed by atoms with van der Waals surface area (Å²) < 4.78 is 33.2. The zero-order valence-corrected chi connectivity index (χ0v) is 36.6. The third-order valence-corrected chi connectivity index (χ3v) is 11.2. The van der Waals surface area contributed by atoms with Crippen LogP contribution < -0.4 is 5.32 Å². The van der Waals surface area contributed by atoms with E-state index in [1.807, 2.05) is 0 Å². The summed E-state index contributed by atoms with van der Waals surface area (Å²) in [5.74, 6) is -0.789. The van der Waals surface area contributed by atoms with Crippen LogP contribution in [0.4, 0.5) is 0 Å². The summed E-state index contributed by atoms with van der Waals surface area (Å²) >= 11 is 0. The van der Waals surface area contributed by atoms with Crippen molar-refractivity contribution in [3.63, 3.8) is 0 Å². The number of unbranched alkanes of at least 4 members (excludes halogenated alkanes) is 30. The zero-order valence-electron chi connectivity index (χ0n) is 35.7. The van der Waals surface area contributed by atoms with Gasteiger partial charge in [0.2, 0.25) is 0 Å². The number of rotatable bonds is 44. The standard InChI is InChI=1S/C44H88NO8P/c1-4-6-8-10-12-14-16-18-19-20-21-22-23-25-27-29-31-33-35-37-44(47)53-42(41-52-54(48,49)51-39-38-45-3)40-50-43(46)36-34-32-30-28-26-24-17-15-13-11-9-7-5-2/h42,45H,4-41H2,1-3H3,(H,48,49). The number of phosphoric acid groups is 1.